The van der Waals surface area contributed by atoms with Gasteiger partial charge in [0.1, 0.15) is 5.84 Å². The van der Waals surface area contributed by atoms with Gasteiger partial charge in [0.25, 0.3) is 0 Å². The number of thioether (sulfide) groups is 1. The predicted octanol–water partition coefficient (Wildman–Crippen LogP) is 5.66. The first-order chi connectivity index (χ1) is 12.6. The number of fused-ring (bicyclic) bond motifs is 1. The number of hydrogen-bond acceptors (Lipinski definition) is 3. The molecule has 136 valence electrons. The molecule has 4 rings (SSSR count). The summed E-state index contributed by atoms with van der Waals surface area (Å²) in [7, 11) is 0. The first-order valence-electron chi connectivity index (χ1n) is 9.10. The second-order valence-electron chi connectivity index (χ2n) is 7.19. The molecule has 1 fully saturated rings. The summed E-state index contributed by atoms with van der Waals surface area (Å²) in [5.41, 5.74) is 5.98. The van der Waals surface area contributed by atoms with Gasteiger partial charge in [-0.3, -0.25) is 4.99 Å². The van der Waals surface area contributed by atoms with Crippen LogP contribution in [0.3, 0.4) is 0 Å². The molecule has 26 heavy (non-hydrogen) atoms. The number of aliphatic imine (C=N–C) groups is 1. The fourth-order valence-electron chi connectivity index (χ4n) is 3.75. The van der Waals surface area contributed by atoms with Crippen molar-refractivity contribution in [3.05, 3.63) is 58.1 Å². The van der Waals surface area contributed by atoms with E-state index in [9.17, 15) is 0 Å². The first kappa shape index (κ1) is 17.7. The summed E-state index contributed by atoms with van der Waals surface area (Å²) < 4.78 is 0. The molecule has 0 unspecified atom stereocenters. The van der Waals surface area contributed by atoms with Crippen LogP contribution < -0.4 is 10.6 Å². The number of benzene rings is 2. The van der Waals surface area contributed by atoms with Crippen LogP contribution in [-0.4, -0.2) is 22.9 Å². The summed E-state index contributed by atoms with van der Waals surface area (Å²) in [6.45, 7) is 4.96. The van der Waals surface area contributed by atoms with E-state index in [-0.39, 0.29) is 5.54 Å². The molecule has 0 aliphatic carbocycles. The Bertz CT molecular complexity index is 856. The van der Waals surface area contributed by atoms with E-state index in [0.29, 0.717) is 6.54 Å². The lowest BCUT2D eigenvalue weighted by atomic mass is 9.86. The molecule has 2 aromatic carbocycles. The molecule has 0 saturated carbocycles. The van der Waals surface area contributed by atoms with Crippen LogP contribution in [0.25, 0.3) is 0 Å². The molecule has 0 radical (unpaired) electrons. The van der Waals surface area contributed by atoms with Crippen molar-refractivity contribution in [1.82, 2.24) is 0 Å². The van der Waals surface area contributed by atoms with Gasteiger partial charge < -0.3 is 10.6 Å². The third kappa shape index (κ3) is 3.33. The molecular weight excluding hydrogens is 362 g/mol. The largest absolute Gasteiger partial charge is 0.371 e. The van der Waals surface area contributed by atoms with Crippen molar-refractivity contribution in [1.29, 1.82) is 0 Å². The summed E-state index contributed by atoms with van der Waals surface area (Å²) in [4.78, 5) is 5.02. The van der Waals surface area contributed by atoms with Crippen molar-refractivity contribution in [2.75, 3.05) is 22.1 Å². The number of nitrogens with zero attached hydrogens (tertiary/aromatic N) is 1. The average molecular weight is 386 g/mol. The lowest BCUT2D eigenvalue weighted by molar-refractivity contribution is 0.559. The number of halogens is 1. The Labute approximate surface area is 164 Å². The highest BCUT2D eigenvalue weighted by Gasteiger charge is 2.41. The van der Waals surface area contributed by atoms with Crippen LogP contribution in [0, 0.1) is 13.8 Å². The third-order valence-electron chi connectivity index (χ3n) is 5.34. The molecule has 0 atom stereocenters. The molecule has 1 saturated heterocycles. The van der Waals surface area contributed by atoms with Crippen LogP contribution in [0.2, 0.25) is 5.02 Å². The molecule has 2 heterocycles. The number of hydrogen-bond donors (Lipinski definition) is 2. The molecule has 5 heteroatoms. The second-order valence-corrected chi connectivity index (χ2v) is 8.85. The van der Waals surface area contributed by atoms with Crippen molar-refractivity contribution < 1.29 is 0 Å². The number of rotatable bonds is 2. The van der Waals surface area contributed by atoms with Crippen molar-refractivity contribution >= 4 is 40.6 Å². The Kier molecular flexibility index (Phi) is 4.89. The fourth-order valence-corrected chi connectivity index (χ4v) is 5.15. The van der Waals surface area contributed by atoms with E-state index < -0.39 is 0 Å². The maximum Gasteiger partial charge on any atom is 0.127 e. The number of amidine groups is 1. The van der Waals surface area contributed by atoms with Crippen LogP contribution in [0.5, 0.6) is 0 Å². The Morgan fingerprint density at radius 3 is 2.54 bits per heavy atom. The Morgan fingerprint density at radius 1 is 1.08 bits per heavy atom. The lowest BCUT2D eigenvalue weighted by Crippen LogP contribution is -2.55. The molecule has 3 nitrogen and oxygen atoms in total. The summed E-state index contributed by atoms with van der Waals surface area (Å²) in [5, 5.41) is 8.35. The summed E-state index contributed by atoms with van der Waals surface area (Å²) >= 11 is 8.16. The number of anilines is 2. The van der Waals surface area contributed by atoms with Crippen molar-refractivity contribution in [3.63, 3.8) is 0 Å². The molecular formula is C21H24ClN3S. The SMILES string of the molecule is Cc1ccc(C)c2c1NC(=NCc1cccc(Cl)c1)C1(CCSCC1)N2. The van der Waals surface area contributed by atoms with Gasteiger partial charge in [0.05, 0.1) is 23.5 Å². The van der Waals surface area contributed by atoms with Gasteiger partial charge in [-0.05, 0) is 67.0 Å². The van der Waals surface area contributed by atoms with Gasteiger partial charge in [-0.15, -0.1) is 0 Å². The first-order valence-corrected chi connectivity index (χ1v) is 10.6. The van der Waals surface area contributed by atoms with Gasteiger partial charge in [-0.2, -0.15) is 11.8 Å². The Morgan fingerprint density at radius 2 is 1.81 bits per heavy atom. The zero-order chi connectivity index (χ0) is 18.1. The molecule has 2 aromatic rings. The average Bonchev–Trinajstić information content (AvgIpc) is 2.64. The van der Waals surface area contributed by atoms with Gasteiger partial charge in [-0.1, -0.05) is 35.9 Å². The van der Waals surface area contributed by atoms with E-state index >= 15 is 0 Å². The van der Waals surface area contributed by atoms with E-state index in [1.807, 2.05) is 30.0 Å². The van der Waals surface area contributed by atoms with Crippen LogP contribution >= 0.6 is 23.4 Å². The van der Waals surface area contributed by atoms with Crippen LogP contribution in [0.15, 0.2) is 41.4 Å². The molecule has 1 spiro atoms. The summed E-state index contributed by atoms with van der Waals surface area (Å²) in [5.74, 6) is 3.38. The number of nitrogens with one attached hydrogen (secondary N) is 2. The smallest absolute Gasteiger partial charge is 0.127 e. The minimum Gasteiger partial charge on any atom is -0.371 e. The summed E-state index contributed by atoms with van der Waals surface area (Å²) in [6.07, 6.45) is 2.18. The minimum absolute atomic E-state index is 0.0879. The molecule has 2 aliphatic rings. The number of aryl methyl sites for hydroxylation is 2. The van der Waals surface area contributed by atoms with E-state index in [4.69, 9.17) is 16.6 Å². The van der Waals surface area contributed by atoms with Crippen molar-refractivity contribution in [2.45, 2.75) is 38.8 Å². The van der Waals surface area contributed by atoms with Crippen LogP contribution in [-0.2, 0) is 6.54 Å². The van der Waals surface area contributed by atoms with Gasteiger partial charge in [-0.25, -0.2) is 0 Å². The normalized spacial score (nSPS) is 19.7. The van der Waals surface area contributed by atoms with Gasteiger partial charge in [0.15, 0.2) is 0 Å². The molecule has 0 bridgehead atoms. The Balaban J connectivity index is 1.72. The zero-order valence-corrected chi connectivity index (χ0v) is 16.8. The maximum absolute atomic E-state index is 6.13. The third-order valence-corrected chi connectivity index (χ3v) is 6.56. The molecule has 0 aromatic heterocycles. The van der Waals surface area contributed by atoms with E-state index in [2.05, 4.69) is 42.7 Å². The molecule has 0 amide bonds. The van der Waals surface area contributed by atoms with Crippen molar-refractivity contribution in [2.24, 2.45) is 4.99 Å². The second kappa shape index (κ2) is 7.16. The Hall–Kier alpha value is -1.65. The van der Waals surface area contributed by atoms with Gasteiger partial charge in [0.2, 0.25) is 0 Å². The minimum atomic E-state index is -0.0879. The highest BCUT2D eigenvalue weighted by Crippen LogP contribution is 2.41. The van der Waals surface area contributed by atoms with Gasteiger partial charge in [0, 0.05) is 5.02 Å². The predicted molar refractivity (Wildman–Crippen MR) is 115 cm³/mol. The zero-order valence-electron chi connectivity index (χ0n) is 15.2. The standard InChI is InChI=1S/C21H24ClN3S/c1-14-6-7-15(2)19-18(14)24-20(21(25-19)8-10-26-11-9-21)23-13-16-4-3-5-17(22)12-16/h3-7,12,25H,8-11,13H2,1-2H3,(H,23,24). The summed E-state index contributed by atoms with van der Waals surface area (Å²) in [6, 6.07) is 12.3. The van der Waals surface area contributed by atoms with Crippen LogP contribution in [0.4, 0.5) is 11.4 Å². The van der Waals surface area contributed by atoms with Crippen LogP contribution in [0.1, 0.15) is 29.5 Å². The fraction of sp³-hybridized carbons (Fsp3) is 0.381. The van der Waals surface area contributed by atoms with Gasteiger partial charge >= 0.3 is 0 Å². The maximum atomic E-state index is 6.13. The van der Waals surface area contributed by atoms with Crippen molar-refractivity contribution in [3.8, 4) is 0 Å². The monoisotopic (exact) mass is 385 g/mol. The highest BCUT2D eigenvalue weighted by atomic mass is 35.5. The topological polar surface area (TPSA) is 36.4 Å². The molecule has 2 aliphatic heterocycles. The van der Waals surface area contributed by atoms with E-state index in [0.717, 1.165) is 40.8 Å². The lowest BCUT2D eigenvalue weighted by Gasteiger charge is -2.44. The molecule has 2 N–H and O–H groups in total. The quantitative estimate of drug-likeness (QED) is 0.700. The van der Waals surface area contributed by atoms with E-state index in [1.54, 1.807) is 0 Å². The van der Waals surface area contributed by atoms with E-state index in [1.165, 1.54) is 22.5 Å². The highest BCUT2D eigenvalue weighted by molar-refractivity contribution is 7.99.